The summed E-state index contributed by atoms with van der Waals surface area (Å²) >= 11 is 1.32. The number of β-lactam (4-membered cyclic amide) rings is 1. The maximum absolute atomic E-state index is 13.4. The van der Waals surface area contributed by atoms with Gasteiger partial charge >= 0.3 is 5.97 Å². The van der Waals surface area contributed by atoms with Gasteiger partial charge in [0.25, 0.3) is 5.91 Å². The van der Waals surface area contributed by atoms with Gasteiger partial charge in [0.2, 0.25) is 11.8 Å². The van der Waals surface area contributed by atoms with Crippen molar-refractivity contribution in [3.8, 4) is 0 Å². The van der Waals surface area contributed by atoms with Gasteiger partial charge < -0.3 is 25.6 Å². The highest BCUT2D eigenvalue weighted by molar-refractivity contribution is 8.01. The molecule has 0 spiro atoms. The number of nitrogens with zero attached hydrogens (tertiary/aromatic N) is 1. The number of thioether (sulfide) groups is 1. The first-order valence-corrected chi connectivity index (χ1v) is 12.3. The smallest absolute Gasteiger partial charge is 0.327 e. The molecule has 11 heteroatoms. The van der Waals surface area contributed by atoms with Crippen LogP contribution in [0.25, 0.3) is 0 Å². The summed E-state index contributed by atoms with van der Waals surface area (Å²) in [6, 6.07) is 5.58. The Balaban J connectivity index is 1.58. The first kappa shape index (κ1) is 25.5. The zero-order valence-corrected chi connectivity index (χ0v) is 21.4. The van der Waals surface area contributed by atoms with Crippen molar-refractivity contribution in [2.45, 2.75) is 62.9 Å². The van der Waals surface area contributed by atoms with Gasteiger partial charge in [-0.15, -0.1) is 11.8 Å². The Morgan fingerprint density at radius 3 is 2.33 bits per heavy atom. The fourth-order valence-electron chi connectivity index (χ4n) is 4.97. The molecular formula is C25H28N4O6S. The van der Waals surface area contributed by atoms with Crippen LogP contribution in [0.2, 0.25) is 0 Å². The lowest BCUT2D eigenvalue weighted by Gasteiger charge is -2.44. The van der Waals surface area contributed by atoms with E-state index in [-0.39, 0.29) is 11.3 Å². The van der Waals surface area contributed by atoms with Crippen molar-refractivity contribution in [2.75, 3.05) is 0 Å². The normalized spacial score (nSPS) is 22.9. The Labute approximate surface area is 212 Å². The molecule has 0 saturated carbocycles. The molecule has 0 radical (unpaired) electrons. The lowest BCUT2D eigenvalue weighted by Crippen LogP contribution is -2.71. The number of aryl methyl sites for hydroxylation is 1. The summed E-state index contributed by atoms with van der Waals surface area (Å²) in [6.07, 6.45) is 0. The second-order valence-electron chi connectivity index (χ2n) is 9.58. The van der Waals surface area contributed by atoms with Crippen LogP contribution < -0.4 is 10.6 Å². The number of carbonyl (C=O) groups is 5. The van der Waals surface area contributed by atoms with Crippen molar-refractivity contribution >= 4 is 41.2 Å². The molecule has 1 unspecified atom stereocenters. The third-order valence-electron chi connectivity index (χ3n) is 6.66. The topological polar surface area (TPSA) is 149 Å². The molecule has 2 aliphatic heterocycles. The van der Waals surface area contributed by atoms with Crippen molar-refractivity contribution in [3.63, 3.8) is 0 Å². The molecular weight excluding hydrogens is 484 g/mol. The van der Waals surface area contributed by atoms with Crippen molar-refractivity contribution < 1.29 is 29.1 Å². The number of Topliss-reactive ketones (excluding diaryl/α,β-unsaturated/α-hetero) is 1. The number of nitrogens with one attached hydrogen (secondary N) is 3. The molecule has 4 N–H and O–H groups in total. The average molecular weight is 513 g/mol. The summed E-state index contributed by atoms with van der Waals surface area (Å²) in [6.45, 7) is 8.24. The standard InChI is InChI=1S/C25H28N4O6S/c1-11-15(12(2)26-16(11)13(3)30)20(31)27-17(14-9-7-6-8-10-14)21(32)28-18-22(33)29-19(24(34)35)25(4,5)36-23(18)29/h6-10,17-19,23,26H,1-5H3,(H,27,31)(H,28,32)(H,34,35)/t17?,18-,19+,23-/m1/s1. The highest BCUT2D eigenvalue weighted by atomic mass is 32.2. The molecule has 190 valence electrons. The highest BCUT2D eigenvalue weighted by Crippen LogP contribution is 2.50. The number of hydrogen-bond donors (Lipinski definition) is 4. The van der Waals surface area contributed by atoms with Gasteiger partial charge in [-0.1, -0.05) is 30.3 Å². The molecule has 2 aliphatic rings. The van der Waals surface area contributed by atoms with Crippen molar-refractivity contribution in [1.82, 2.24) is 20.5 Å². The van der Waals surface area contributed by atoms with Crippen LogP contribution in [0.5, 0.6) is 0 Å². The molecule has 2 fully saturated rings. The Hall–Kier alpha value is -3.60. The van der Waals surface area contributed by atoms with E-state index < -0.39 is 51.9 Å². The van der Waals surface area contributed by atoms with Gasteiger partial charge in [-0.3, -0.25) is 19.2 Å². The van der Waals surface area contributed by atoms with E-state index in [0.717, 1.165) is 0 Å². The van der Waals surface area contributed by atoms with E-state index in [1.807, 2.05) is 0 Å². The van der Waals surface area contributed by atoms with Gasteiger partial charge in [0, 0.05) is 17.4 Å². The molecule has 2 saturated heterocycles. The number of aromatic nitrogens is 1. The van der Waals surface area contributed by atoms with Crippen LogP contribution in [-0.2, 0) is 14.4 Å². The van der Waals surface area contributed by atoms with Gasteiger partial charge in [0.05, 0.1) is 11.3 Å². The van der Waals surface area contributed by atoms with Crippen LogP contribution in [0.15, 0.2) is 30.3 Å². The van der Waals surface area contributed by atoms with Crippen molar-refractivity contribution in [2.24, 2.45) is 0 Å². The van der Waals surface area contributed by atoms with E-state index in [1.165, 1.54) is 23.6 Å². The summed E-state index contributed by atoms with van der Waals surface area (Å²) in [5.41, 5.74) is 2.09. The molecule has 0 aliphatic carbocycles. The summed E-state index contributed by atoms with van der Waals surface area (Å²) in [4.78, 5) is 67.4. The summed E-state index contributed by atoms with van der Waals surface area (Å²) in [5, 5.41) is 14.6. The van der Waals surface area contributed by atoms with Crippen LogP contribution in [0.3, 0.4) is 0 Å². The summed E-state index contributed by atoms with van der Waals surface area (Å²) in [7, 11) is 0. The number of carboxylic acid groups (broad SMARTS) is 1. The number of H-pyrrole nitrogens is 1. The van der Waals surface area contributed by atoms with Gasteiger partial charge in [-0.2, -0.15) is 0 Å². The molecule has 3 heterocycles. The minimum Gasteiger partial charge on any atom is -0.480 e. The zero-order valence-electron chi connectivity index (χ0n) is 20.5. The number of fused-ring (bicyclic) bond motifs is 1. The molecule has 36 heavy (non-hydrogen) atoms. The second kappa shape index (κ2) is 9.12. The molecule has 4 rings (SSSR count). The second-order valence-corrected chi connectivity index (χ2v) is 11.4. The van der Waals surface area contributed by atoms with Crippen LogP contribution in [-0.4, -0.2) is 66.7 Å². The summed E-state index contributed by atoms with van der Waals surface area (Å²) in [5.74, 6) is -2.91. The van der Waals surface area contributed by atoms with E-state index >= 15 is 0 Å². The lowest BCUT2D eigenvalue weighted by molar-refractivity contribution is -0.161. The quantitative estimate of drug-likeness (QED) is 0.327. The number of amides is 3. The largest absolute Gasteiger partial charge is 0.480 e. The van der Waals surface area contributed by atoms with Crippen molar-refractivity contribution in [1.29, 1.82) is 0 Å². The first-order chi connectivity index (χ1) is 16.8. The van der Waals surface area contributed by atoms with Crippen LogP contribution in [0, 0.1) is 13.8 Å². The van der Waals surface area contributed by atoms with E-state index in [0.29, 0.717) is 22.5 Å². The predicted octanol–water partition coefficient (Wildman–Crippen LogP) is 1.94. The predicted molar refractivity (Wildman–Crippen MR) is 133 cm³/mol. The van der Waals surface area contributed by atoms with Crippen molar-refractivity contribution in [3.05, 3.63) is 58.4 Å². The van der Waals surface area contributed by atoms with E-state index in [9.17, 15) is 29.1 Å². The molecule has 1 aromatic carbocycles. The molecule has 3 amide bonds. The number of ketones is 1. The van der Waals surface area contributed by atoms with Gasteiger partial charge in [-0.05, 0) is 38.8 Å². The lowest BCUT2D eigenvalue weighted by atomic mass is 9.95. The van der Waals surface area contributed by atoms with Gasteiger partial charge in [-0.25, -0.2) is 4.79 Å². The molecule has 0 bridgehead atoms. The summed E-state index contributed by atoms with van der Waals surface area (Å²) < 4.78 is -0.726. The number of carbonyl (C=O) groups excluding carboxylic acids is 4. The van der Waals surface area contributed by atoms with Crippen LogP contribution in [0.1, 0.15) is 64.5 Å². The van der Waals surface area contributed by atoms with Gasteiger partial charge in [0.15, 0.2) is 5.78 Å². The average Bonchev–Trinajstić information content (AvgIpc) is 3.26. The third kappa shape index (κ3) is 4.17. The number of hydrogen-bond acceptors (Lipinski definition) is 6. The SMILES string of the molecule is CC(=O)c1[nH]c(C)c(C(=O)NC(C(=O)N[C@@H]2C(=O)N3[C@@H]2SC(C)(C)[C@@H]3C(=O)O)c2ccccc2)c1C. The Morgan fingerprint density at radius 2 is 1.78 bits per heavy atom. The van der Waals surface area contributed by atoms with E-state index in [1.54, 1.807) is 58.0 Å². The van der Waals surface area contributed by atoms with Gasteiger partial charge in [0.1, 0.15) is 23.5 Å². The fourth-order valence-corrected chi connectivity index (χ4v) is 6.60. The number of aliphatic carboxylic acids is 1. The number of aromatic amines is 1. The molecule has 4 atom stereocenters. The minimum atomic E-state index is -1.12. The number of carboxylic acids is 1. The highest BCUT2D eigenvalue weighted by Gasteiger charge is 2.64. The molecule has 10 nitrogen and oxygen atoms in total. The van der Waals surface area contributed by atoms with E-state index in [2.05, 4.69) is 15.6 Å². The Bertz CT molecular complexity index is 1270. The zero-order chi connectivity index (χ0) is 26.5. The Morgan fingerprint density at radius 1 is 1.14 bits per heavy atom. The Kier molecular flexibility index (Phi) is 6.46. The van der Waals surface area contributed by atoms with Crippen LogP contribution in [0.4, 0.5) is 0 Å². The maximum Gasteiger partial charge on any atom is 0.327 e. The molecule has 2 aromatic rings. The van der Waals surface area contributed by atoms with Crippen LogP contribution >= 0.6 is 11.8 Å². The fraction of sp³-hybridized carbons (Fsp3) is 0.400. The number of rotatable bonds is 7. The monoisotopic (exact) mass is 512 g/mol. The molecule has 1 aromatic heterocycles. The minimum absolute atomic E-state index is 0.211. The van der Waals surface area contributed by atoms with E-state index in [4.69, 9.17) is 0 Å². The first-order valence-electron chi connectivity index (χ1n) is 11.4. The third-order valence-corrected chi connectivity index (χ3v) is 8.23. The number of benzene rings is 1. The maximum atomic E-state index is 13.4.